The number of hydrogen-bond donors (Lipinski definition) is 1. The summed E-state index contributed by atoms with van der Waals surface area (Å²) in [6, 6.07) is 24.2. The van der Waals surface area contributed by atoms with Crippen LogP contribution in [0.4, 0.5) is 4.79 Å². The van der Waals surface area contributed by atoms with Crippen LogP contribution in [0, 0.1) is 6.92 Å². The highest BCUT2D eigenvalue weighted by atomic mass is 16.4. The van der Waals surface area contributed by atoms with Gasteiger partial charge in [-0.1, -0.05) is 66.2 Å². The average Bonchev–Trinajstić information content (AvgIpc) is 3.44. The van der Waals surface area contributed by atoms with Gasteiger partial charge in [-0.05, 0) is 48.6 Å². The molecule has 1 fully saturated rings. The van der Waals surface area contributed by atoms with Gasteiger partial charge in [0, 0.05) is 13.1 Å². The molecule has 5 rings (SSSR count). The molecule has 0 unspecified atom stereocenters. The van der Waals surface area contributed by atoms with E-state index in [1.54, 1.807) is 0 Å². The molecular formula is C26H25N3O2. The SMILES string of the molecule is Cc1cccc(-c2ccc3oc([C@H]4CCCN4C(=O)NCc4ccccc4)nc3c2)c1. The highest BCUT2D eigenvalue weighted by Crippen LogP contribution is 2.34. The lowest BCUT2D eigenvalue weighted by molar-refractivity contribution is 0.184. The lowest BCUT2D eigenvalue weighted by Gasteiger charge is -2.22. The Kier molecular flexibility index (Phi) is 5.16. The van der Waals surface area contributed by atoms with Crippen molar-refractivity contribution >= 4 is 17.1 Å². The highest BCUT2D eigenvalue weighted by molar-refractivity contribution is 5.81. The predicted molar refractivity (Wildman–Crippen MR) is 122 cm³/mol. The zero-order valence-corrected chi connectivity index (χ0v) is 17.5. The van der Waals surface area contributed by atoms with Crippen LogP contribution >= 0.6 is 0 Å². The molecule has 156 valence electrons. The van der Waals surface area contributed by atoms with Crippen molar-refractivity contribution < 1.29 is 9.21 Å². The molecule has 3 aromatic carbocycles. The van der Waals surface area contributed by atoms with E-state index in [9.17, 15) is 4.79 Å². The van der Waals surface area contributed by atoms with Crippen LogP contribution in [0.5, 0.6) is 0 Å². The van der Waals surface area contributed by atoms with Gasteiger partial charge in [0.1, 0.15) is 11.6 Å². The van der Waals surface area contributed by atoms with Gasteiger partial charge in [-0.2, -0.15) is 0 Å². The van der Waals surface area contributed by atoms with E-state index in [1.165, 1.54) is 5.56 Å². The van der Waals surface area contributed by atoms with Gasteiger partial charge >= 0.3 is 6.03 Å². The lowest BCUT2D eigenvalue weighted by Crippen LogP contribution is -2.39. The quantitative estimate of drug-likeness (QED) is 0.458. The molecule has 0 saturated carbocycles. The Balaban J connectivity index is 1.36. The van der Waals surface area contributed by atoms with E-state index in [4.69, 9.17) is 9.40 Å². The Bertz CT molecular complexity index is 1220. The van der Waals surface area contributed by atoms with Crippen LogP contribution in [0.15, 0.2) is 77.2 Å². The van der Waals surface area contributed by atoms with E-state index in [0.29, 0.717) is 19.0 Å². The van der Waals surface area contributed by atoms with Crippen LogP contribution in [0.25, 0.3) is 22.2 Å². The van der Waals surface area contributed by atoms with Crippen molar-refractivity contribution in [2.75, 3.05) is 6.54 Å². The number of benzene rings is 3. The minimum absolute atomic E-state index is 0.0749. The topological polar surface area (TPSA) is 58.4 Å². The summed E-state index contributed by atoms with van der Waals surface area (Å²) in [5.74, 6) is 0.615. The van der Waals surface area contributed by atoms with Gasteiger partial charge in [-0.15, -0.1) is 0 Å². The van der Waals surface area contributed by atoms with Crippen LogP contribution in [-0.4, -0.2) is 22.5 Å². The maximum atomic E-state index is 12.8. The smallest absolute Gasteiger partial charge is 0.318 e. The third-order valence-corrected chi connectivity index (χ3v) is 5.84. The fourth-order valence-corrected chi connectivity index (χ4v) is 4.23. The highest BCUT2D eigenvalue weighted by Gasteiger charge is 2.33. The molecule has 31 heavy (non-hydrogen) atoms. The number of hydrogen-bond acceptors (Lipinski definition) is 3. The minimum Gasteiger partial charge on any atom is -0.438 e. The Morgan fingerprint density at radius 2 is 1.90 bits per heavy atom. The number of fused-ring (bicyclic) bond motifs is 1. The Hall–Kier alpha value is -3.60. The fourth-order valence-electron chi connectivity index (χ4n) is 4.23. The van der Waals surface area contributed by atoms with Crippen molar-refractivity contribution in [3.8, 4) is 11.1 Å². The second kappa shape index (κ2) is 8.26. The number of carbonyl (C=O) groups excluding carboxylic acids is 1. The van der Waals surface area contributed by atoms with E-state index < -0.39 is 0 Å². The number of aryl methyl sites for hydroxylation is 1. The van der Waals surface area contributed by atoms with E-state index in [1.807, 2.05) is 41.3 Å². The first-order valence-electron chi connectivity index (χ1n) is 10.7. The fraction of sp³-hybridized carbons (Fsp3) is 0.231. The van der Waals surface area contributed by atoms with Gasteiger partial charge < -0.3 is 14.6 Å². The zero-order valence-electron chi connectivity index (χ0n) is 17.5. The van der Waals surface area contributed by atoms with Gasteiger partial charge in [0.15, 0.2) is 5.58 Å². The number of nitrogens with one attached hydrogen (secondary N) is 1. The summed E-state index contributed by atoms with van der Waals surface area (Å²) in [6.07, 6.45) is 1.80. The summed E-state index contributed by atoms with van der Waals surface area (Å²) < 4.78 is 6.08. The molecule has 1 atom stereocenters. The van der Waals surface area contributed by atoms with E-state index in [2.05, 4.69) is 48.6 Å². The molecule has 0 bridgehead atoms. The third kappa shape index (κ3) is 4.04. The number of likely N-dealkylation sites (tertiary alicyclic amines) is 1. The molecule has 0 aliphatic carbocycles. The maximum Gasteiger partial charge on any atom is 0.318 e. The molecule has 1 aliphatic rings. The van der Waals surface area contributed by atoms with Crippen molar-refractivity contribution in [3.05, 3.63) is 89.8 Å². The molecule has 2 amide bonds. The number of aromatic nitrogens is 1. The molecule has 1 N–H and O–H groups in total. The largest absolute Gasteiger partial charge is 0.438 e. The van der Waals surface area contributed by atoms with E-state index in [-0.39, 0.29) is 12.1 Å². The molecule has 0 radical (unpaired) electrons. The van der Waals surface area contributed by atoms with Crippen LogP contribution < -0.4 is 5.32 Å². The summed E-state index contributed by atoms with van der Waals surface area (Å²) >= 11 is 0. The summed E-state index contributed by atoms with van der Waals surface area (Å²) in [5.41, 5.74) is 6.15. The molecular weight excluding hydrogens is 386 g/mol. The van der Waals surface area contributed by atoms with Crippen molar-refractivity contribution in [1.29, 1.82) is 0 Å². The summed E-state index contributed by atoms with van der Waals surface area (Å²) in [5, 5.41) is 3.03. The minimum atomic E-state index is -0.134. The lowest BCUT2D eigenvalue weighted by atomic mass is 10.0. The molecule has 4 aromatic rings. The average molecular weight is 412 g/mol. The Morgan fingerprint density at radius 3 is 2.74 bits per heavy atom. The molecule has 2 heterocycles. The van der Waals surface area contributed by atoms with Crippen molar-refractivity contribution in [3.63, 3.8) is 0 Å². The first-order valence-corrected chi connectivity index (χ1v) is 10.7. The van der Waals surface area contributed by atoms with Crippen LogP contribution in [-0.2, 0) is 6.54 Å². The zero-order chi connectivity index (χ0) is 21.2. The number of urea groups is 1. The molecule has 0 spiro atoms. The van der Waals surface area contributed by atoms with Crippen LogP contribution in [0.3, 0.4) is 0 Å². The number of carbonyl (C=O) groups is 1. The van der Waals surface area contributed by atoms with Gasteiger partial charge in [-0.25, -0.2) is 9.78 Å². The van der Waals surface area contributed by atoms with Crippen molar-refractivity contribution in [2.45, 2.75) is 32.4 Å². The predicted octanol–water partition coefficient (Wildman–Crippen LogP) is 5.85. The molecule has 1 saturated heterocycles. The van der Waals surface area contributed by atoms with Crippen LogP contribution in [0.2, 0.25) is 0 Å². The maximum absolute atomic E-state index is 12.8. The molecule has 5 nitrogen and oxygen atoms in total. The van der Waals surface area contributed by atoms with E-state index >= 15 is 0 Å². The third-order valence-electron chi connectivity index (χ3n) is 5.84. The summed E-state index contributed by atoms with van der Waals surface area (Å²) in [7, 11) is 0. The molecule has 1 aromatic heterocycles. The first-order chi connectivity index (χ1) is 15.2. The summed E-state index contributed by atoms with van der Waals surface area (Å²) in [4.78, 5) is 19.4. The second-order valence-corrected chi connectivity index (χ2v) is 8.10. The van der Waals surface area contributed by atoms with Crippen molar-refractivity contribution in [2.24, 2.45) is 0 Å². The second-order valence-electron chi connectivity index (χ2n) is 8.10. The van der Waals surface area contributed by atoms with E-state index in [0.717, 1.165) is 40.6 Å². The Morgan fingerprint density at radius 1 is 1.06 bits per heavy atom. The normalized spacial score (nSPS) is 16.0. The number of nitrogens with zero attached hydrogens (tertiary/aromatic N) is 2. The number of amides is 2. The number of rotatable bonds is 4. The standard InChI is InChI=1S/C26H25N3O2/c1-18-7-5-10-20(15-18)21-12-13-24-22(16-21)28-25(31-24)23-11-6-14-29(23)26(30)27-17-19-8-3-2-4-9-19/h2-5,7-10,12-13,15-16,23H,6,11,14,17H2,1H3,(H,27,30)/t23-/m1/s1. The monoisotopic (exact) mass is 411 g/mol. The molecule has 5 heteroatoms. The summed E-state index contributed by atoms with van der Waals surface area (Å²) in [6.45, 7) is 3.31. The van der Waals surface area contributed by atoms with Crippen LogP contribution in [0.1, 0.15) is 35.9 Å². The Labute approximate surface area is 181 Å². The van der Waals surface area contributed by atoms with Gasteiger partial charge in [0.2, 0.25) is 5.89 Å². The van der Waals surface area contributed by atoms with Gasteiger partial charge in [-0.3, -0.25) is 0 Å². The van der Waals surface area contributed by atoms with Crippen molar-refractivity contribution in [1.82, 2.24) is 15.2 Å². The molecule has 1 aliphatic heterocycles. The van der Waals surface area contributed by atoms with Gasteiger partial charge in [0.25, 0.3) is 0 Å². The first kappa shape index (κ1) is 19.4. The van der Waals surface area contributed by atoms with Gasteiger partial charge in [0.05, 0.1) is 0 Å². The number of oxazole rings is 1.